The van der Waals surface area contributed by atoms with Crippen LogP contribution in [0.25, 0.3) is 0 Å². The van der Waals surface area contributed by atoms with Crippen molar-refractivity contribution in [2.75, 3.05) is 7.05 Å². The summed E-state index contributed by atoms with van der Waals surface area (Å²) in [5.41, 5.74) is 4.60. The van der Waals surface area contributed by atoms with Gasteiger partial charge in [-0.15, -0.1) is 0 Å². The number of rotatable bonds is 3. The van der Waals surface area contributed by atoms with Gasteiger partial charge in [-0.3, -0.25) is 9.59 Å². The predicted octanol–water partition coefficient (Wildman–Crippen LogP) is -3.06. The number of hydrogen-bond acceptors (Lipinski definition) is 4. The van der Waals surface area contributed by atoms with E-state index in [1.807, 2.05) is 5.32 Å². The highest BCUT2D eigenvalue weighted by molar-refractivity contribution is 5.89. The van der Waals surface area contributed by atoms with Gasteiger partial charge in [-0.05, 0) is 0 Å². The van der Waals surface area contributed by atoms with Crippen LogP contribution in [0.1, 0.15) is 0 Å². The van der Waals surface area contributed by atoms with Crippen LogP contribution in [-0.2, 0) is 9.59 Å². The summed E-state index contributed by atoms with van der Waals surface area (Å²) < 4.78 is 0. The zero-order chi connectivity index (χ0) is 9.02. The summed E-state index contributed by atoms with van der Waals surface area (Å²) in [7, 11) is 1.26. The van der Waals surface area contributed by atoms with E-state index in [9.17, 15) is 9.59 Å². The van der Waals surface area contributed by atoms with Gasteiger partial charge in [0.05, 0.1) is 0 Å². The molecule has 2 unspecified atom stereocenters. The Morgan fingerprint density at radius 3 is 2.09 bits per heavy atom. The maximum absolute atomic E-state index is 10.5. The van der Waals surface area contributed by atoms with Crippen LogP contribution in [0.2, 0.25) is 0 Å². The fraction of sp³-hybridized carbons (Fsp3) is 0.600. The van der Waals surface area contributed by atoms with Crippen molar-refractivity contribution in [3.05, 3.63) is 0 Å². The van der Waals surface area contributed by atoms with Gasteiger partial charge in [0.25, 0.3) is 5.91 Å². The van der Waals surface area contributed by atoms with Gasteiger partial charge in [-0.2, -0.15) is 0 Å². The van der Waals surface area contributed by atoms with Gasteiger partial charge in [-0.1, -0.05) is 0 Å². The van der Waals surface area contributed by atoms with E-state index in [0.29, 0.717) is 0 Å². The number of nitrogens with one attached hydrogen (secondary N) is 1. The van der Waals surface area contributed by atoms with Crippen LogP contribution in [0, 0.1) is 0 Å². The van der Waals surface area contributed by atoms with Crippen molar-refractivity contribution in [1.82, 2.24) is 5.32 Å². The molecule has 0 rings (SSSR count). The summed E-state index contributed by atoms with van der Waals surface area (Å²) in [6.07, 6.45) is -3.65. The van der Waals surface area contributed by atoms with E-state index in [2.05, 4.69) is 5.73 Å². The Labute approximate surface area is 63.0 Å². The van der Waals surface area contributed by atoms with Gasteiger partial charge in [-0.25, -0.2) is 0 Å². The van der Waals surface area contributed by atoms with E-state index in [1.165, 1.54) is 7.05 Å². The van der Waals surface area contributed by atoms with Gasteiger partial charge in [0.2, 0.25) is 5.91 Å². The average molecular weight is 162 g/mol. The van der Waals surface area contributed by atoms with Crippen molar-refractivity contribution in [3.63, 3.8) is 0 Å². The molecule has 0 aromatic rings. The van der Waals surface area contributed by atoms with Gasteiger partial charge in [0.15, 0.2) is 12.2 Å². The van der Waals surface area contributed by atoms with Gasteiger partial charge >= 0.3 is 0 Å². The number of hydrogen-bond donors (Lipinski definition) is 4. The second-order valence-electron chi connectivity index (χ2n) is 1.91. The number of aliphatic hydroxyl groups is 2. The summed E-state index contributed by atoms with van der Waals surface area (Å²) in [6, 6.07) is 0. The monoisotopic (exact) mass is 162 g/mol. The first-order valence-electron chi connectivity index (χ1n) is 2.87. The van der Waals surface area contributed by atoms with E-state index >= 15 is 0 Å². The molecule has 0 fully saturated rings. The maximum Gasteiger partial charge on any atom is 0.251 e. The first-order chi connectivity index (χ1) is 5.00. The average Bonchev–Trinajstić information content (AvgIpc) is 2.00. The second kappa shape index (κ2) is 3.89. The number of carbonyl (C=O) groups excluding carboxylic acids is 2. The molecule has 0 aromatic carbocycles. The molecular formula is C5H10N2O4. The quantitative estimate of drug-likeness (QED) is 0.353. The van der Waals surface area contributed by atoms with Crippen molar-refractivity contribution in [1.29, 1.82) is 0 Å². The van der Waals surface area contributed by atoms with E-state index in [1.54, 1.807) is 0 Å². The van der Waals surface area contributed by atoms with Crippen LogP contribution < -0.4 is 11.1 Å². The molecule has 0 saturated heterocycles. The number of likely N-dealkylation sites (N-methyl/N-ethyl adjacent to an activating group) is 1. The molecule has 6 heteroatoms. The highest BCUT2D eigenvalue weighted by Gasteiger charge is 2.27. The van der Waals surface area contributed by atoms with Crippen molar-refractivity contribution < 1.29 is 19.8 Å². The van der Waals surface area contributed by atoms with E-state index in [0.717, 1.165) is 0 Å². The minimum atomic E-state index is -1.85. The third-order valence-electron chi connectivity index (χ3n) is 1.11. The normalized spacial score (nSPS) is 15.2. The molecule has 5 N–H and O–H groups in total. The SMILES string of the molecule is CNC(=O)C(O)C(O)C(N)=O. The molecule has 64 valence electrons. The first-order valence-corrected chi connectivity index (χ1v) is 2.87. The topological polar surface area (TPSA) is 113 Å². The summed E-state index contributed by atoms with van der Waals surface area (Å²) in [5.74, 6) is -1.99. The van der Waals surface area contributed by atoms with E-state index < -0.39 is 24.0 Å². The highest BCUT2D eigenvalue weighted by Crippen LogP contribution is 1.91. The lowest BCUT2D eigenvalue weighted by Crippen LogP contribution is -2.47. The molecule has 2 amide bonds. The summed E-state index contributed by atoms with van der Waals surface area (Å²) in [5, 5.41) is 19.5. The Kier molecular flexibility index (Phi) is 3.49. The maximum atomic E-state index is 10.5. The third-order valence-corrected chi connectivity index (χ3v) is 1.11. The molecule has 0 aliphatic carbocycles. The number of aliphatic hydroxyl groups excluding tert-OH is 2. The van der Waals surface area contributed by atoms with E-state index in [-0.39, 0.29) is 0 Å². The Bertz CT molecular complexity index is 170. The van der Waals surface area contributed by atoms with Gasteiger partial charge < -0.3 is 21.3 Å². The first kappa shape index (κ1) is 9.86. The minimum Gasteiger partial charge on any atom is -0.380 e. The Hall–Kier alpha value is -1.14. The lowest BCUT2D eigenvalue weighted by Gasteiger charge is -2.12. The van der Waals surface area contributed by atoms with Crippen molar-refractivity contribution in [2.45, 2.75) is 12.2 Å². The Balaban J connectivity index is 4.12. The van der Waals surface area contributed by atoms with Crippen LogP contribution in [0.5, 0.6) is 0 Å². The zero-order valence-corrected chi connectivity index (χ0v) is 5.94. The molecule has 0 heterocycles. The zero-order valence-electron chi connectivity index (χ0n) is 5.94. The fourth-order valence-electron chi connectivity index (χ4n) is 0.447. The molecule has 0 saturated carbocycles. The highest BCUT2D eigenvalue weighted by atomic mass is 16.3. The Morgan fingerprint density at radius 2 is 1.82 bits per heavy atom. The smallest absolute Gasteiger partial charge is 0.251 e. The molecule has 2 atom stereocenters. The second-order valence-corrected chi connectivity index (χ2v) is 1.91. The summed E-state index contributed by atoms with van der Waals surface area (Å²) in [4.78, 5) is 20.7. The van der Waals surface area contributed by atoms with Crippen LogP contribution in [0.3, 0.4) is 0 Å². The molecule has 0 aliphatic heterocycles. The molecule has 0 spiro atoms. The van der Waals surface area contributed by atoms with Crippen LogP contribution in [-0.4, -0.2) is 41.3 Å². The fourth-order valence-corrected chi connectivity index (χ4v) is 0.447. The summed E-state index contributed by atoms with van der Waals surface area (Å²) >= 11 is 0. The lowest BCUT2D eigenvalue weighted by molar-refractivity contribution is -0.143. The van der Waals surface area contributed by atoms with Crippen molar-refractivity contribution in [2.24, 2.45) is 5.73 Å². The number of nitrogens with two attached hydrogens (primary N) is 1. The summed E-state index contributed by atoms with van der Waals surface area (Å²) in [6.45, 7) is 0. The number of amides is 2. The number of carbonyl (C=O) groups is 2. The molecule has 11 heavy (non-hydrogen) atoms. The third kappa shape index (κ3) is 2.52. The lowest BCUT2D eigenvalue weighted by atomic mass is 10.2. The van der Waals surface area contributed by atoms with Gasteiger partial charge in [0, 0.05) is 7.05 Å². The molecule has 0 radical (unpaired) electrons. The van der Waals surface area contributed by atoms with Gasteiger partial charge in [0.1, 0.15) is 0 Å². The molecule has 6 nitrogen and oxygen atoms in total. The van der Waals surface area contributed by atoms with E-state index in [4.69, 9.17) is 10.2 Å². The van der Waals surface area contributed by atoms with Crippen molar-refractivity contribution in [3.8, 4) is 0 Å². The van der Waals surface area contributed by atoms with Crippen LogP contribution in [0.15, 0.2) is 0 Å². The minimum absolute atomic E-state index is 0.851. The van der Waals surface area contributed by atoms with Crippen LogP contribution in [0.4, 0.5) is 0 Å². The largest absolute Gasteiger partial charge is 0.380 e. The molecule has 0 aromatic heterocycles. The van der Waals surface area contributed by atoms with Crippen LogP contribution >= 0.6 is 0 Å². The molecule has 0 bridgehead atoms. The number of primary amides is 1. The molecular weight excluding hydrogens is 152 g/mol. The predicted molar refractivity (Wildman–Crippen MR) is 35.3 cm³/mol. The standard InChI is InChI=1S/C5H10N2O4/c1-7-5(11)3(9)2(8)4(6)10/h2-3,8-9H,1H3,(H2,6,10)(H,7,11). The molecule has 0 aliphatic rings. The van der Waals surface area contributed by atoms with Crippen molar-refractivity contribution >= 4 is 11.8 Å². The Morgan fingerprint density at radius 1 is 1.36 bits per heavy atom.